The van der Waals surface area contributed by atoms with Gasteiger partial charge in [0.1, 0.15) is 11.6 Å². The summed E-state index contributed by atoms with van der Waals surface area (Å²) in [6.07, 6.45) is 4.84. The Morgan fingerprint density at radius 3 is 3.10 bits per heavy atom. The Morgan fingerprint density at radius 1 is 1.65 bits per heavy atom. The molecule has 20 heavy (non-hydrogen) atoms. The molecule has 0 saturated carbocycles. The van der Waals surface area contributed by atoms with Crippen molar-refractivity contribution >= 4 is 11.5 Å². The summed E-state index contributed by atoms with van der Waals surface area (Å²) >= 11 is 0. The molecule has 1 aromatic rings. The van der Waals surface area contributed by atoms with Crippen molar-refractivity contribution in [1.29, 1.82) is 5.26 Å². The zero-order chi connectivity index (χ0) is 14.5. The Kier molecular flexibility index (Phi) is 4.48. The molecule has 1 fully saturated rings. The van der Waals surface area contributed by atoms with Gasteiger partial charge in [-0.1, -0.05) is 6.42 Å². The zero-order valence-corrected chi connectivity index (χ0v) is 11.4. The van der Waals surface area contributed by atoms with Crippen molar-refractivity contribution < 1.29 is 4.92 Å². The van der Waals surface area contributed by atoms with Gasteiger partial charge in [0.05, 0.1) is 4.92 Å². The molecule has 2 rings (SSSR count). The predicted molar refractivity (Wildman–Crippen MR) is 74.4 cm³/mol. The first-order chi connectivity index (χ1) is 9.63. The average Bonchev–Trinajstić information content (AvgIpc) is 2.45. The molecule has 0 bridgehead atoms. The highest BCUT2D eigenvalue weighted by atomic mass is 16.6. The maximum Gasteiger partial charge on any atom is 0.328 e. The topological polar surface area (TPSA) is 95.1 Å². The molecule has 0 aromatic carbocycles. The van der Waals surface area contributed by atoms with Crippen LogP contribution in [0.3, 0.4) is 0 Å². The minimum absolute atomic E-state index is 0.0319. The Morgan fingerprint density at radius 2 is 2.45 bits per heavy atom. The van der Waals surface area contributed by atoms with Crippen LogP contribution in [0.5, 0.6) is 0 Å². The summed E-state index contributed by atoms with van der Waals surface area (Å²) in [6, 6.07) is 3.53. The summed E-state index contributed by atoms with van der Waals surface area (Å²) in [7, 11) is 2.05. The predicted octanol–water partition coefficient (Wildman–Crippen LogP) is 1.76. The van der Waals surface area contributed by atoms with Crippen LogP contribution in [0.2, 0.25) is 0 Å². The fraction of sp³-hybridized carbons (Fsp3) is 0.538. The summed E-state index contributed by atoms with van der Waals surface area (Å²) < 4.78 is 0. The maximum atomic E-state index is 11.1. The molecule has 1 aromatic heterocycles. The zero-order valence-electron chi connectivity index (χ0n) is 11.4. The van der Waals surface area contributed by atoms with E-state index in [-0.39, 0.29) is 17.1 Å². The van der Waals surface area contributed by atoms with Gasteiger partial charge in [-0.3, -0.25) is 10.1 Å². The molecule has 0 amide bonds. The third-order valence-corrected chi connectivity index (χ3v) is 3.65. The van der Waals surface area contributed by atoms with Gasteiger partial charge in [-0.15, -0.1) is 0 Å². The number of hydrogen-bond acceptors (Lipinski definition) is 6. The first-order valence-electron chi connectivity index (χ1n) is 6.61. The van der Waals surface area contributed by atoms with Crippen molar-refractivity contribution in [2.45, 2.75) is 25.3 Å². The van der Waals surface area contributed by atoms with E-state index in [2.05, 4.69) is 22.2 Å². The highest BCUT2D eigenvalue weighted by Crippen LogP contribution is 2.26. The molecule has 1 atom stereocenters. The lowest BCUT2D eigenvalue weighted by Crippen LogP contribution is -2.40. The van der Waals surface area contributed by atoms with Crippen molar-refractivity contribution in [2.24, 2.45) is 0 Å². The molecule has 2 heterocycles. The second kappa shape index (κ2) is 6.30. The number of hydrogen-bond donors (Lipinski definition) is 1. The van der Waals surface area contributed by atoms with Crippen LogP contribution in [0.1, 0.15) is 24.8 Å². The minimum Gasteiger partial charge on any atom is -0.363 e. The monoisotopic (exact) mass is 275 g/mol. The average molecular weight is 275 g/mol. The van der Waals surface area contributed by atoms with E-state index in [1.54, 1.807) is 0 Å². The van der Waals surface area contributed by atoms with E-state index in [4.69, 9.17) is 5.26 Å². The number of nitro groups is 1. The second-order valence-corrected chi connectivity index (χ2v) is 4.94. The number of aromatic nitrogens is 1. The molecule has 1 saturated heterocycles. The third kappa shape index (κ3) is 3.03. The Balaban J connectivity index is 2.13. The Labute approximate surface area is 117 Å². The van der Waals surface area contributed by atoms with Crippen LogP contribution in [0, 0.1) is 21.4 Å². The fourth-order valence-corrected chi connectivity index (χ4v) is 2.47. The smallest absolute Gasteiger partial charge is 0.328 e. The molecule has 0 aliphatic carbocycles. The standard InChI is InChI=1S/C13H17N5O2/c1-17-7-3-2-4-11(17)9-16-13-12(18(19)20)10(8-14)5-6-15-13/h5-6,11H,2-4,7,9H2,1H3,(H,15,16). The first-order valence-corrected chi connectivity index (χ1v) is 6.61. The molecule has 7 nitrogen and oxygen atoms in total. The number of nitrogens with one attached hydrogen (secondary N) is 1. The van der Waals surface area contributed by atoms with Crippen LogP contribution in [-0.4, -0.2) is 41.0 Å². The van der Waals surface area contributed by atoms with Gasteiger partial charge < -0.3 is 10.2 Å². The Hall–Kier alpha value is -2.20. The molecular weight excluding hydrogens is 258 g/mol. The van der Waals surface area contributed by atoms with E-state index in [1.807, 2.05) is 6.07 Å². The second-order valence-electron chi connectivity index (χ2n) is 4.94. The van der Waals surface area contributed by atoms with Crippen LogP contribution in [0.25, 0.3) is 0 Å². The lowest BCUT2D eigenvalue weighted by atomic mass is 10.0. The molecule has 1 aliphatic heterocycles. The number of piperidine rings is 1. The van der Waals surface area contributed by atoms with Crippen LogP contribution >= 0.6 is 0 Å². The number of nitriles is 1. The van der Waals surface area contributed by atoms with Gasteiger partial charge in [0.15, 0.2) is 0 Å². The number of nitrogens with zero attached hydrogens (tertiary/aromatic N) is 4. The normalized spacial score (nSPS) is 19.3. The molecule has 7 heteroatoms. The van der Waals surface area contributed by atoms with E-state index in [0.29, 0.717) is 12.6 Å². The molecule has 1 aliphatic rings. The molecule has 1 N–H and O–H groups in total. The molecule has 1 unspecified atom stereocenters. The largest absolute Gasteiger partial charge is 0.363 e. The van der Waals surface area contributed by atoms with Crippen molar-refractivity contribution in [3.05, 3.63) is 27.9 Å². The summed E-state index contributed by atoms with van der Waals surface area (Å²) in [5.41, 5.74) is -0.210. The van der Waals surface area contributed by atoms with Crippen molar-refractivity contribution in [2.75, 3.05) is 25.5 Å². The number of rotatable bonds is 4. The summed E-state index contributed by atoms with van der Waals surface area (Å²) in [6.45, 7) is 1.64. The number of likely N-dealkylation sites (tertiary alicyclic amines) is 1. The summed E-state index contributed by atoms with van der Waals surface area (Å²) in [5.74, 6) is 0.174. The van der Waals surface area contributed by atoms with Crippen LogP contribution < -0.4 is 5.32 Å². The molecular formula is C13H17N5O2. The van der Waals surface area contributed by atoms with Crippen molar-refractivity contribution in [3.8, 4) is 6.07 Å². The third-order valence-electron chi connectivity index (χ3n) is 3.65. The van der Waals surface area contributed by atoms with E-state index >= 15 is 0 Å². The van der Waals surface area contributed by atoms with E-state index in [1.165, 1.54) is 25.1 Å². The number of likely N-dealkylation sites (N-methyl/N-ethyl adjacent to an activating group) is 1. The fourth-order valence-electron chi connectivity index (χ4n) is 2.47. The van der Waals surface area contributed by atoms with Gasteiger partial charge in [-0.25, -0.2) is 4.98 Å². The van der Waals surface area contributed by atoms with Gasteiger partial charge in [0.25, 0.3) is 0 Å². The van der Waals surface area contributed by atoms with Crippen LogP contribution in [-0.2, 0) is 0 Å². The SMILES string of the molecule is CN1CCCCC1CNc1nccc(C#N)c1[N+](=O)[O-]. The van der Waals surface area contributed by atoms with E-state index in [0.717, 1.165) is 13.0 Å². The summed E-state index contributed by atoms with van der Waals surface area (Å²) in [5, 5.41) is 23.0. The van der Waals surface area contributed by atoms with Crippen molar-refractivity contribution in [1.82, 2.24) is 9.88 Å². The highest BCUT2D eigenvalue weighted by Gasteiger charge is 2.23. The summed E-state index contributed by atoms with van der Waals surface area (Å²) in [4.78, 5) is 16.8. The van der Waals surface area contributed by atoms with Gasteiger partial charge in [0, 0.05) is 18.8 Å². The van der Waals surface area contributed by atoms with Gasteiger partial charge in [-0.05, 0) is 32.5 Å². The first kappa shape index (κ1) is 14.2. The molecule has 0 radical (unpaired) electrons. The van der Waals surface area contributed by atoms with Gasteiger partial charge >= 0.3 is 5.69 Å². The van der Waals surface area contributed by atoms with Crippen LogP contribution in [0.15, 0.2) is 12.3 Å². The lowest BCUT2D eigenvalue weighted by Gasteiger charge is -2.32. The van der Waals surface area contributed by atoms with Crippen LogP contribution in [0.4, 0.5) is 11.5 Å². The molecule has 106 valence electrons. The number of pyridine rings is 1. The lowest BCUT2D eigenvalue weighted by molar-refractivity contribution is -0.384. The van der Waals surface area contributed by atoms with Gasteiger partial charge in [-0.2, -0.15) is 5.26 Å². The van der Waals surface area contributed by atoms with E-state index in [9.17, 15) is 10.1 Å². The molecule has 0 spiro atoms. The Bertz CT molecular complexity index is 540. The highest BCUT2D eigenvalue weighted by molar-refractivity contribution is 5.64. The maximum absolute atomic E-state index is 11.1. The van der Waals surface area contributed by atoms with Crippen molar-refractivity contribution in [3.63, 3.8) is 0 Å². The van der Waals surface area contributed by atoms with E-state index < -0.39 is 4.92 Å². The minimum atomic E-state index is -0.557. The quantitative estimate of drug-likeness (QED) is 0.664. The van der Waals surface area contributed by atoms with Gasteiger partial charge in [0.2, 0.25) is 5.82 Å². The number of anilines is 1.